The number of aliphatic carboxylic acids is 1. The molecule has 0 aromatic carbocycles. The van der Waals surface area contributed by atoms with E-state index in [-0.39, 0.29) is 12.8 Å². The van der Waals surface area contributed by atoms with Crippen molar-refractivity contribution in [2.75, 3.05) is 7.11 Å². The van der Waals surface area contributed by atoms with E-state index in [1.807, 2.05) is 0 Å². The van der Waals surface area contributed by atoms with E-state index in [4.69, 9.17) is 9.84 Å². The molecule has 0 aliphatic rings. The number of nitrogens with zero attached hydrogens (tertiary/aromatic N) is 2. The molecule has 0 unspecified atom stereocenters. The molecule has 6 heteroatoms. The Bertz CT molecular complexity index is 321. The van der Waals surface area contributed by atoms with Gasteiger partial charge in [0.1, 0.15) is 0 Å². The van der Waals surface area contributed by atoms with Gasteiger partial charge < -0.3 is 9.84 Å². The van der Waals surface area contributed by atoms with Crippen LogP contribution in [0.3, 0.4) is 0 Å². The van der Waals surface area contributed by atoms with Gasteiger partial charge in [-0.1, -0.05) is 0 Å². The van der Waals surface area contributed by atoms with Gasteiger partial charge in [0, 0.05) is 18.0 Å². The molecule has 1 heterocycles. The quantitative estimate of drug-likeness (QED) is 0.611. The number of methoxy groups -OCH3 is 1. The molecule has 0 saturated heterocycles. The molecule has 0 bridgehead atoms. The largest absolute Gasteiger partial charge is 0.484 e. The number of carboxylic acid groups (broad SMARTS) is 1. The van der Waals surface area contributed by atoms with Crippen molar-refractivity contribution in [3.63, 3.8) is 0 Å². The van der Waals surface area contributed by atoms with E-state index in [0.29, 0.717) is 11.0 Å². The van der Waals surface area contributed by atoms with Crippen molar-refractivity contribution in [3.8, 4) is 0 Å². The van der Waals surface area contributed by atoms with Crippen LogP contribution in [-0.2, 0) is 9.53 Å². The molecule has 0 spiro atoms. The summed E-state index contributed by atoms with van der Waals surface area (Å²) in [5, 5.41) is 10.8. The lowest BCUT2D eigenvalue weighted by Crippen LogP contribution is -2.04. The Hall–Kier alpha value is -1.43. The SMILES string of the molecule is COC(CCC(=O)O)=Nc1nccs1. The summed E-state index contributed by atoms with van der Waals surface area (Å²) in [6.07, 6.45) is 1.93. The van der Waals surface area contributed by atoms with Crippen LogP contribution < -0.4 is 0 Å². The van der Waals surface area contributed by atoms with Gasteiger partial charge in [-0.05, 0) is 0 Å². The van der Waals surface area contributed by atoms with Crippen LogP contribution in [0.4, 0.5) is 5.13 Å². The molecule has 0 atom stereocenters. The fraction of sp³-hybridized carbons (Fsp3) is 0.375. The minimum absolute atomic E-state index is 0.0120. The number of hydrogen-bond donors (Lipinski definition) is 1. The van der Waals surface area contributed by atoms with Gasteiger partial charge in [0.25, 0.3) is 0 Å². The first-order chi connectivity index (χ1) is 6.72. The molecule has 1 aromatic heterocycles. The van der Waals surface area contributed by atoms with Gasteiger partial charge >= 0.3 is 5.97 Å². The second-order valence-electron chi connectivity index (χ2n) is 2.42. The summed E-state index contributed by atoms with van der Waals surface area (Å²) in [6.45, 7) is 0. The number of carboxylic acids is 1. The van der Waals surface area contributed by atoms with Gasteiger partial charge in [0.2, 0.25) is 5.13 Å². The predicted molar refractivity (Wildman–Crippen MR) is 53.1 cm³/mol. The number of rotatable bonds is 4. The van der Waals surface area contributed by atoms with Crippen molar-refractivity contribution in [2.24, 2.45) is 4.99 Å². The van der Waals surface area contributed by atoms with Crippen molar-refractivity contribution in [1.29, 1.82) is 0 Å². The first-order valence-electron chi connectivity index (χ1n) is 3.95. The molecule has 5 nitrogen and oxygen atoms in total. The molecule has 76 valence electrons. The lowest BCUT2D eigenvalue weighted by atomic mass is 10.3. The second-order valence-corrected chi connectivity index (χ2v) is 3.29. The molecule has 0 saturated carbocycles. The number of carbonyl (C=O) groups is 1. The maximum atomic E-state index is 10.3. The van der Waals surface area contributed by atoms with Crippen LogP contribution in [0.25, 0.3) is 0 Å². The van der Waals surface area contributed by atoms with Crippen LogP contribution in [0, 0.1) is 0 Å². The highest BCUT2D eigenvalue weighted by Gasteiger charge is 2.04. The highest BCUT2D eigenvalue weighted by atomic mass is 32.1. The highest BCUT2D eigenvalue weighted by Crippen LogP contribution is 2.15. The zero-order valence-corrected chi connectivity index (χ0v) is 8.45. The van der Waals surface area contributed by atoms with E-state index in [9.17, 15) is 4.79 Å². The molecule has 0 fully saturated rings. The standard InChI is InChI=1S/C8H10N2O3S/c1-13-6(2-3-7(11)12)10-8-9-4-5-14-8/h4-5H,2-3H2,1H3,(H,11,12). The van der Waals surface area contributed by atoms with Crippen LogP contribution in [0.15, 0.2) is 16.6 Å². The Morgan fingerprint density at radius 1 is 1.71 bits per heavy atom. The normalized spacial score (nSPS) is 11.4. The van der Waals surface area contributed by atoms with E-state index >= 15 is 0 Å². The number of ether oxygens (including phenoxy) is 1. The highest BCUT2D eigenvalue weighted by molar-refractivity contribution is 7.13. The summed E-state index contributed by atoms with van der Waals surface area (Å²) >= 11 is 1.37. The van der Waals surface area contributed by atoms with Gasteiger partial charge in [0.05, 0.1) is 13.5 Å². The maximum absolute atomic E-state index is 10.3. The molecule has 0 aliphatic heterocycles. The van der Waals surface area contributed by atoms with E-state index < -0.39 is 5.97 Å². The van der Waals surface area contributed by atoms with Crippen molar-refractivity contribution >= 4 is 28.3 Å². The summed E-state index contributed by atoms with van der Waals surface area (Å²) in [6, 6.07) is 0. The van der Waals surface area contributed by atoms with Crippen molar-refractivity contribution in [1.82, 2.24) is 4.98 Å². The third kappa shape index (κ3) is 3.53. The Morgan fingerprint density at radius 2 is 2.50 bits per heavy atom. The summed E-state index contributed by atoms with van der Waals surface area (Å²) in [4.78, 5) is 18.3. The third-order valence-corrected chi connectivity index (χ3v) is 2.09. The molecular formula is C8H10N2O3S. The molecule has 0 aliphatic carbocycles. The number of aromatic nitrogens is 1. The fourth-order valence-corrected chi connectivity index (χ4v) is 1.31. The molecule has 0 radical (unpaired) electrons. The van der Waals surface area contributed by atoms with Crippen LogP contribution in [0.2, 0.25) is 0 Å². The minimum Gasteiger partial charge on any atom is -0.484 e. The first-order valence-corrected chi connectivity index (χ1v) is 4.83. The number of thiazole rings is 1. The van der Waals surface area contributed by atoms with Gasteiger partial charge in [-0.2, -0.15) is 4.99 Å². The van der Waals surface area contributed by atoms with Gasteiger partial charge in [-0.25, -0.2) is 4.98 Å². The summed E-state index contributed by atoms with van der Waals surface area (Å²) in [5.74, 6) is -0.476. The van der Waals surface area contributed by atoms with Gasteiger partial charge in [-0.3, -0.25) is 4.79 Å². The monoisotopic (exact) mass is 214 g/mol. The Morgan fingerprint density at radius 3 is 3.00 bits per heavy atom. The molecule has 1 aromatic rings. The average molecular weight is 214 g/mol. The topological polar surface area (TPSA) is 71.8 Å². The summed E-state index contributed by atoms with van der Waals surface area (Å²) in [7, 11) is 1.47. The Kier molecular flexibility index (Phi) is 4.06. The maximum Gasteiger partial charge on any atom is 0.303 e. The van der Waals surface area contributed by atoms with E-state index in [1.54, 1.807) is 11.6 Å². The van der Waals surface area contributed by atoms with E-state index in [0.717, 1.165) is 0 Å². The number of aliphatic imine (C=N–C) groups is 1. The van der Waals surface area contributed by atoms with Crippen LogP contribution >= 0.6 is 11.3 Å². The molecular weight excluding hydrogens is 204 g/mol. The number of hydrogen-bond acceptors (Lipinski definition) is 5. The lowest BCUT2D eigenvalue weighted by molar-refractivity contribution is -0.136. The van der Waals surface area contributed by atoms with Crippen molar-refractivity contribution in [3.05, 3.63) is 11.6 Å². The van der Waals surface area contributed by atoms with Gasteiger partial charge in [-0.15, -0.1) is 11.3 Å². The average Bonchev–Trinajstić information content (AvgIpc) is 2.64. The smallest absolute Gasteiger partial charge is 0.303 e. The third-order valence-electron chi connectivity index (χ3n) is 1.43. The molecule has 1 N–H and O–H groups in total. The zero-order valence-electron chi connectivity index (χ0n) is 7.64. The van der Waals surface area contributed by atoms with Crippen LogP contribution in [0.5, 0.6) is 0 Å². The lowest BCUT2D eigenvalue weighted by Gasteiger charge is -2.00. The fourth-order valence-electron chi connectivity index (χ4n) is 0.795. The molecule has 1 rings (SSSR count). The zero-order chi connectivity index (χ0) is 10.4. The summed E-state index contributed by atoms with van der Waals surface area (Å²) in [5.41, 5.74) is 0. The van der Waals surface area contributed by atoms with Crippen LogP contribution in [0.1, 0.15) is 12.8 Å². The van der Waals surface area contributed by atoms with Crippen molar-refractivity contribution < 1.29 is 14.6 Å². The van der Waals surface area contributed by atoms with E-state index in [2.05, 4.69) is 9.98 Å². The predicted octanol–water partition coefficient (Wildman–Crippen LogP) is 1.68. The summed E-state index contributed by atoms with van der Waals surface area (Å²) < 4.78 is 4.93. The van der Waals surface area contributed by atoms with E-state index in [1.165, 1.54) is 18.4 Å². The second kappa shape index (κ2) is 5.33. The molecule has 0 amide bonds. The Balaban J connectivity index is 2.57. The Labute approximate surface area is 85.1 Å². The van der Waals surface area contributed by atoms with Crippen LogP contribution in [-0.4, -0.2) is 29.1 Å². The first kappa shape index (κ1) is 10.6. The van der Waals surface area contributed by atoms with Gasteiger partial charge in [0.15, 0.2) is 5.90 Å². The van der Waals surface area contributed by atoms with Crippen molar-refractivity contribution in [2.45, 2.75) is 12.8 Å². The minimum atomic E-state index is -0.867. The molecule has 14 heavy (non-hydrogen) atoms.